The Morgan fingerprint density at radius 2 is 2.00 bits per heavy atom. The summed E-state index contributed by atoms with van der Waals surface area (Å²) >= 11 is 5.87. The van der Waals surface area contributed by atoms with E-state index in [9.17, 15) is 8.42 Å². The van der Waals surface area contributed by atoms with Crippen LogP contribution in [0.25, 0.3) is 0 Å². The molecule has 0 aromatic heterocycles. The average Bonchev–Trinajstić information content (AvgIpc) is 2.85. The highest BCUT2D eigenvalue weighted by molar-refractivity contribution is 7.89. The fourth-order valence-electron chi connectivity index (χ4n) is 2.40. The average molecular weight is 304 g/mol. The zero-order chi connectivity index (χ0) is 13.9. The van der Waals surface area contributed by atoms with E-state index >= 15 is 0 Å². The minimum atomic E-state index is -3.48. The summed E-state index contributed by atoms with van der Waals surface area (Å²) in [5, 5.41) is 0. The number of ether oxygens (including phenoxy) is 1. The Labute approximate surface area is 119 Å². The van der Waals surface area contributed by atoms with Crippen LogP contribution in [0.1, 0.15) is 19.3 Å². The maximum Gasteiger partial charge on any atom is 0.240 e. The minimum absolute atomic E-state index is 0.0513. The molecular formula is C13H18ClNO3S. The van der Waals surface area contributed by atoms with Crippen LogP contribution in [0.15, 0.2) is 29.2 Å². The first-order valence-corrected chi connectivity index (χ1v) is 8.31. The maximum atomic E-state index is 12.3. The third kappa shape index (κ3) is 3.41. The highest BCUT2D eigenvalue weighted by atomic mass is 35.5. The molecule has 0 aliphatic heterocycles. The maximum absolute atomic E-state index is 12.3. The Balaban J connectivity index is 2.13. The molecule has 2 rings (SSSR count). The third-order valence-corrected chi connectivity index (χ3v) is 5.44. The third-order valence-electron chi connectivity index (χ3n) is 3.53. The Morgan fingerprint density at radius 1 is 1.32 bits per heavy atom. The normalized spacial score (nSPS) is 23.5. The molecule has 6 heteroatoms. The van der Waals surface area contributed by atoms with Gasteiger partial charge >= 0.3 is 0 Å². The number of alkyl halides is 1. The van der Waals surface area contributed by atoms with E-state index in [4.69, 9.17) is 16.3 Å². The molecule has 0 radical (unpaired) electrons. The number of halogens is 1. The van der Waals surface area contributed by atoms with Gasteiger partial charge in [0.1, 0.15) is 5.75 Å². The van der Waals surface area contributed by atoms with Crippen molar-refractivity contribution in [1.82, 2.24) is 4.72 Å². The van der Waals surface area contributed by atoms with Crippen LogP contribution in [0.4, 0.5) is 0 Å². The van der Waals surface area contributed by atoms with Gasteiger partial charge in [-0.25, -0.2) is 13.1 Å². The molecule has 1 saturated carbocycles. The van der Waals surface area contributed by atoms with Crippen molar-refractivity contribution in [1.29, 1.82) is 0 Å². The van der Waals surface area contributed by atoms with Gasteiger partial charge in [-0.3, -0.25) is 0 Å². The van der Waals surface area contributed by atoms with Crippen molar-refractivity contribution in [2.45, 2.75) is 30.2 Å². The first kappa shape index (κ1) is 14.6. The molecule has 2 atom stereocenters. The molecule has 2 unspecified atom stereocenters. The summed E-state index contributed by atoms with van der Waals surface area (Å²) in [6, 6.07) is 6.33. The second kappa shape index (κ2) is 6.11. The van der Waals surface area contributed by atoms with Gasteiger partial charge in [-0.15, -0.1) is 11.6 Å². The molecule has 0 heterocycles. The summed E-state index contributed by atoms with van der Waals surface area (Å²) in [4.78, 5) is 0.258. The van der Waals surface area contributed by atoms with E-state index in [0.717, 1.165) is 19.3 Å². The van der Waals surface area contributed by atoms with Gasteiger partial charge in [-0.2, -0.15) is 0 Å². The first-order chi connectivity index (χ1) is 9.06. The lowest BCUT2D eigenvalue weighted by Gasteiger charge is -2.18. The molecule has 1 N–H and O–H groups in total. The monoisotopic (exact) mass is 303 g/mol. The molecule has 0 bridgehead atoms. The lowest BCUT2D eigenvalue weighted by Crippen LogP contribution is -2.37. The minimum Gasteiger partial charge on any atom is -0.497 e. The van der Waals surface area contributed by atoms with Gasteiger partial charge in [0.25, 0.3) is 0 Å². The lowest BCUT2D eigenvalue weighted by molar-refractivity contribution is 0.414. The Kier molecular flexibility index (Phi) is 4.71. The van der Waals surface area contributed by atoms with E-state index in [-0.39, 0.29) is 16.9 Å². The highest BCUT2D eigenvalue weighted by Gasteiger charge is 2.30. The van der Waals surface area contributed by atoms with Crippen molar-refractivity contribution in [3.8, 4) is 5.75 Å². The van der Waals surface area contributed by atoms with Gasteiger partial charge in [-0.1, -0.05) is 6.42 Å². The Bertz CT molecular complexity index is 515. The summed E-state index contributed by atoms with van der Waals surface area (Å²) < 4.78 is 32.3. The fraction of sp³-hybridized carbons (Fsp3) is 0.538. The van der Waals surface area contributed by atoms with Gasteiger partial charge in [-0.05, 0) is 43.0 Å². The van der Waals surface area contributed by atoms with Crippen LogP contribution in [0.3, 0.4) is 0 Å². The van der Waals surface area contributed by atoms with E-state index in [1.54, 1.807) is 31.4 Å². The van der Waals surface area contributed by atoms with Gasteiger partial charge < -0.3 is 4.74 Å². The molecule has 106 valence electrons. The van der Waals surface area contributed by atoms with E-state index in [1.807, 2.05) is 0 Å². The number of hydrogen-bond acceptors (Lipinski definition) is 3. The zero-order valence-corrected chi connectivity index (χ0v) is 12.4. The van der Waals surface area contributed by atoms with E-state index in [2.05, 4.69) is 4.72 Å². The van der Waals surface area contributed by atoms with Gasteiger partial charge in [0.2, 0.25) is 10.0 Å². The van der Waals surface area contributed by atoms with Crippen LogP contribution >= 0.6 is 11.6 Å². The molecular weight excluding hydrogens is 286 g/mol. The first-order valence-electron chi connectivity index (χ1n) is 6.29. The molecule has 1 aromatic carbocycles. The van der Waals surface area contributed by atoms with Crippen LogP contribution in [0, 0.1) is 5.92 Å². The quantitative estimate of drug-likeness (QED) is 0.850. The highest BCUT2D eigenvalue weighted by Crippen LogP contribution is 2.28. The summed E-state index contributed by atoms with van der Waals surface area (Å²) in [6.45, 7) is 0. The summed E-state index contributed by atoms with van der Waals surface area (Å²) in [5.74, 6) is 1.36. The molecule has 1 aliphatic rings. The number of sulfonamides is 1. The topological polar surface area (TPSA) is 55.4 Å². The number of benzene rings is 1. The molecule has 0 spiro atoms. The number of hydrogen-bond donors (Lipinski definition) is 1. The van der Waals surface area contributed by atoms with E-state index < -0.39 is 10.0 Å². The molecule has 0 amide bonds. The summed E-state index contributed by atoms with van der Waals surface area (Å²) in [6.07, 6.45) is 2.86. The predicted molar refractivity (Wildman–Crippen MR) is 75.2 cm³/mol. The van der Waals surface area contributed by atoms with Crippen LogP contribution < -0.4 is 9.46 Å². The predicted octanol–water partition coefficient (Wildman–Crippen LogP) is 2.38. The van der Waals surface area contributed by atoms with Gasteiger partial charge in [0, 0.05) is 11.9 Å². The standard InChI is InChI=1S/C13H18ClNO3S/c1-18-11-5-7-12(8-6-11)19(16,17)15-13-4-2-3-10(13)9-14/h5-8,10,13,15H,2-4,9H2,1H3. The van der Waals surface area contributed by atoms with Crippen molar-refractivity contribution >= 4 is 21.6 Å². The van der Waals surface area contributed by atoms with Crippen molar-refractivity contribution < 1.29 is 13.2 Å². The molecule has 1 aliphatic carbocycles. The fourth-order valence-corrected chi connectivity index (χ4v) is 4.11. The van der Waals surface area contributed by atoms with Crippen molar-refractivity contribution in [2.75, 3.05) is 13.0 Å². The zero-order valence-electron chi connectivity index (χ0n) is 10.8. The molecule has 0 saturated heterocycles. The van der Waals surface area contributed by atoms with Crippen molar-refractivity contribution in [3.63, 3.8) is 0 Å². The largest absolute Gasteiger partial charge is 0.497 e. The summed E-state index contributed by atoms with van der Waals surface area (Å²) in [7, 11) is -1.93. The second-order valence-electron chi connectivity index (χ2n) is 4.75. The number of methoxy groups -OCH3 is 1. The molecule has 1 aromatic rings. The van der Waals surface area contributed by atoms with Crippen molar-refractivity contribution in [3.05, 3.63) is 24.3 Å². The Morgan fingerprint density at radius 3 is 2.58 bits per heavy atom. The lowest BCUT2D eigenvalue weighted by atomic mass is 10.1. The van der Waals surface area contributed by atoms with E-state index in [0.29, 0.717) is 11.6 Å². The van der Waals surface area contributed by atoms with Gasteiger partial charge in [0.05, 0.1) is 12.0 Å². The molecule has 1 fully saturated rings. The summed E-state index contributed by atoms with van der Waals surface area (Å²) in [5.41, 5.74) is 0. The smallest absolute Gasteiger partial charge is 0.240 e. The Hall–Kier alpha value is -0.780. The van der Waals surface area contributed by atoms with Crippen LogP contribution in [0.5, 0.6) is 5.75 Å². The van der Waals surface area contributed by atoms with Gasteiger partial charge in [0.15, 0.2) is 0 Å². The second-order valence-corrected chi connectivity index (χ2v) is 6.77. The van der Waals surface area contributed by atoms with Crippen LogP contribution in [-0.2, 0) is 10.0 Å². The van der Waals surface area contributed by atoms with Crippen LogP contribution in [-0.4, -0.2) is 27.4 Å². The number of nitrogens with one attached hydrogen (secondary N) is 1. The SMILES string of the molecule is COc1ccc(S(=O)(=O)NC2CCCC2CCl)cc1. The van der Waals surface area contributed by atoms with Crippen molar-refractivity contribution in [2.24, 2.45) is 5.92 Å². The molecule has 19 heavy (non-hydrogen) atoms. The number of rotatable bonds is 5. The van der Waals surface area contributed by atoms with E-state index in [1.165, 1.54) is 0 Å². The van der Waals surface area contributed by atoms with Crippen LogP contribution in [0.2, 0.25) is 0 Å². The molecule has 4 nitrogen and oxygen atoms in total.